The Morgan fingerprint density at radius 1 is 1.04 bits per heavy atom. The standard InChI is InChI=1S/C18H18N2O5/c21-16(19-11-5-6-14-15(9-11)25-8-7-24-14)10-20-17(22)12-3-1-2-4-13(12)18(20)23/h1-2,5-6,9,12-13H,3-4,7-8,10H2,(H,19,21)/t12-,13-/m0/s1. The molecular formula is C18H18N2O5. The van der Waals surface area contributed by atoms with E-state index in [2.05, 4.69) is 5.32 Å². The monoisotopic (exact) mass is 342 g/mol. The lowest BCUT2D eigenvalue weighted by atomic mass is 9.85. The average Bonchev–Trinajstić information content (AvgIpc) is 2.87. The minimum Gasteiger partial charge on any atom is -0.486 e. The Bertz CT molecular complexity index is 747. The summed E-state index contributed by atoms with van der Waals surface area (Å²) in [6.45, 7) is 0.687. The number of hydrogen-bond acceptors (Lipinski definition) is 5. The van der Waals surface area contributed by atoms with Crippen LogP contribution in [0.25, 0.3) is 0 Å². The lowest BCUT2D eigenvalue weighted by molar-refractivity contribution is -0.142. The number of benzene rings is 1. The Morgan fingerprint density at radius 3 is 2.36 bits per heavy atom. The highest BCUT2D eigenvalue weighted by molar-refractivity contribution is 6.08. The third-order valence-electron chi connectivity index (χ3n) is 4.73. The second-order valence-electron chi connectivity index (χ2n) is 6.33. The Kier molecular flexibility index (Phi) is 3.91. The van der Waals surface area contributed by atoms with Crippen LogP contribution in [0.1, 0.15) is 12.8 Å². The van der Waals surface area contributed by atoms with Gasteiger partial charge in [0.1, 0.15) is 19.8 Å². The highest BCUT2D eigenvalue weighted by Crippen LogP contribution is 2.35. The van der Waals surface area contributed by atoms with Gasteiger partial charge in [-0.15, -0.1) is 0 Å². The molecule has 2 aliphatic heterocycles. The summed E-state index contributed by atoms with van der Waals surface area (Å²) in [5.41, 5.74) is 0.535. The number of nitrogens with zero attached hydrogens (tertiary/aromatic N) is 1. The normalized spacial score (nSPS) is 24.2. The highest BCUT2D eigenvalue weighted by atomic mass is 16.6. The Labute approximate surface area is 144 Å². The molecule has 1 aliphatic carbocycles. The maximum absolute atomic E-state index is 12.4. The fourth-order valence-electron chi connectivity index (χ4n) is 3.49. The molecule has 25 heavy (non-hydrogen) atoms. The molecule has 1 saturated heterocycles. The van der Waals surface area contributed by atoms with Crippen LogP contribution in [-0.2, 0) is 14.4 Å². The number of rotatable bonds is 3. The number of amides is 3. The van der Waals surface area contributed by atoms with Crippen molar-refractivity contribution in [2.75, 3.05) is 25.1 Å². The molecule has 0 saturated carbocycles. The summed E-state index contributed by atoms with van der Waals surface area (Å²) in [4.78, 5) is 38.1. The summed E-state index contributed by atoms with van der Waals surface area (Å²) >= 11 is 0. The molecular weight excluding hydrogens is 324 g/mol. The maximum atomic E-state index is 12.4. The minimum absolute atomic E-state index is 0.253. The lowest BCUT2D eigenvalue weighted by Gasteiger charge is -2.19. The smallest absolute Gasteiger partial charge is 0.244 e. The second-order valence-corrected chi connectivity index (χ2v) is 6.33. The summed E-state index contributed by atoms with van der Waals surface area (Å²) in [5.74, 6) is -0.363. The number of anilines is 1. The van der Waals surface area contributed by atoms with E-state index in [4.69, 9.17) is 9.47 Å². The summed E-state index contributed by atoms with van der Waals surface area (Å²) < 4.78 is 10.9. The molecule has 130 valence electrons. The van der Waals surface area contributed by atoms with E-state index >= 15 is 0 Å². The summed E-state index contributed by atoms with van der Waals surface area (Å²) in [5, 5.41) is 2.71. The Balaban J connectivity index is 1.42. The lowest BCUT2D eigenvalue weighted by Crippen LogP contribution is -2.38. The van der Waals surface area contributed by atoms with E-state index < -0.39 is 5.91 Å². The van der Waals surface area contributed by atoms with Gasteiger partial charge in [0, 0.05) is 11.8 Å². The number of nitrogens with one attached hydrogen (secondary N) is 1. The van der Waals surface area contributed by atoms with Gasteiger partial charge < -0.3 is 14.8 Å². The molecule has 2 heterocycles. The number of ether oxygens (including phenoxy) is 2. The number of carbonyl (C=O) groups excluding carboxylic acids is 3. The topological polar surface area (TPSA) is 84.9 Å². The summed E-state index contributed by atoms with van der Waals surface area (Å²) in [7, 11) is 0. The Hall–Kier alpha value is -2.83. The quantitative estimate of drug-likeness (QED) is 0.662. The molecule has 0 spiro atoms. The zero-order chi connectivity index (χ0) is 17.4. The fourth-order valence-corrected chi connectivity index (χ4v) is 3.49. The van der Waals surface area contributed by atoms with Crippen LogP contribution in [-0.4, -0.2) is 42.4 Å². The van der Waals surface area contributed by atoms with Crippen LogP contribution in [0.15, 0.2) is 30.4 Å². The second kappa shape index (κ2) is 6.23. The van der Waals surface area contributed by atoms with E-state index in [1.807, 2.05) is 12.2 Å². The number of carbonyl (C=O) groups is 3. The van der Waals surface area contributed by atoms with Crippen LogP contribution in [0.5, 0.6) is 11.5 Å². The van der Waals surface area contributed by atoms with Gasteiger partial charge in [-0.1, -0.05) is 12.2 Å². The number of imide groups is 1. The molecule has 4 rings (SSSR count). The predicted molar refractivity (Wildman–Crippen MR) is 88.1 cm³/mol. The first-order chi connectivity index (χ1) is 12.1. The van der Waals surface area contributed by atoms with E-state index in [9.17, 15) is 14.4 Å². The predicted octanol–water partition coefficient (Wildman–Crippen LogP) is 1.35. The molecule has 0 radical (unpaired) electrons. The van der Waals surface area contributed by atoms with Gasteiger partial charge in [-0.05, 0) is 25.0 Å². The van der Waals surface area contributed by atoms with Crippen LogP contribution >= 0.6 is 0 Å². The van der Waals surface area contributed by atoms with Crippen molar-refractivity contribution in [3.8, 4) is 11.5 Å². The molecule has 2 atom stereocenters. The molecule has 0 aromatic heterocycles. The van der Waals surface area contributed by atoms with Crippen molar-refractivity contribution in [2.45, 2.75) is 12.8 Å². The first-order valence-electron chi connectivity index (χ1n) is 8.33. The van der Waals surface area contributed by atoms with Gasteiger partial charge in [0.15, 0.2) is 11.5 Å². The van der Waals surface area contributed by atoms with Gasteiger partial charge in [-0.25, -0.2) is 0 Å². The molecule has 3 aliphatic rings. The van der Waals surface area contributed by atoms with Crippen LogP contribution in [0.4, 0.5) is 5.69 Å². The van der Waals surface area contributed by atoms with Gasteiger partial charge in [-0.2, -0.15) is 0 Å². The number of fused-ring (bicyclic) bond motifs is 2. The third-order valence-corrected chi connectivity index (χ3v) is 4.73. The van der Waals surface area contributed by atoms with Crippen molar-refractivity contribution in [1.29, 1.82) is 0 Å². The van der Waals surface area contributed by atoms with E-state index in [-0.39, 0.29) is 30.2 Å². The van der Waals surface area contributed by atoms with Gasteiger partial charge in [-0.3, -0.25) is 19.3 Å². The zero-order valence-electron chi connectivity index (χ0n) is 13.6. The van der Waals surface area contributed by atoms with Gasteiger partial charge in [0.25, 0.3) is 0 Å². The molecule has 0 bridgehead atoms. The summed E-state index contributed by atoms with van der Waals surface area (Å²) in [6.07, 6.45) is 4.97. The molecule has 0 unspecified atom stereocenters. The van der Waals surface area contributed by atoms with E-state index in [0.717, 1.165) is 4.90 Å². The zero-order valence-corrected chi connectivity index (χ0v) is 13.6. The van der Waals surface area contributed by atoms with Crippen molar-refractivity contribution in [3.63, 3.8) is 0 Å². The van der Waals surface area contributed by atoms with Crippen LogP contribution < -0.4 is 14.8 Å². The van der Waals surface area contributed by atoms with E-state index in [0.29, 0.717) is 43.2 Å². The largest absolute Gasteiger partial charge is 0.486 e. The Morgan fingerprint density at radius 2 is 1.68 bits per heavy atom. The van der Waals surface area contributed by atoms with Crippen LogP contribution in [0.3, 0.4) is 0 Å². The maximum Gasteiger partial charge on any atom is 0.244 e. The molecule has 7 nitrogen and oxygen atoms in total. The van der Waals surface area contributed by atoms with E-state index in [1.54, 1.807) is 18.2 Å². The van der Waals surface area contributed by atoms with Crippen molar-refractivity contribution in [3.05, 3.63) is 30.4 Å². The van der Waals surface area contributed by atoms with Gasteiger partial charge in [0.2, 0.25) is 17.7 Å². The fraction of sp³-hybridized carbons (Fsp3) is 0.389. The SMILES string of the molecule is O=C(CN1C(=O)[C@H]2CC=CC[C@@H]2C1=O)Nc1ccc2c(c1)OCCO2. The van der Waals surface area contributed by atoms with Crippen LogP contribution in [0.2, 0.25) is 0 Å². The van der Waals surface area contributed by atoms with Crippen molar-refractivity contribution < 1.29 is 23.9 Å². The van der Waals surface area contributed by atoms with Crippen LogP contribution in [0, 0.1) is 11.8 Å². The molecule has 1 aromatic rings. The van der Waals surface area contributed by atoms with Crippen molar-refractivity contribution in [2.24, 2.45) is 11.8 Å². The molecule has 1 aromatic carbocycles. The van der Waals surface area contributed by atoms with Crippen molar-refractivity contribution in [1.82, 2.24) is 4.90 Å². The summed E-state index contributed by atoms with van der Waals surface area (Å²) in [6, 6.07) is 5.09. The first kappa shape index (κ1) is 15.7. The molecule has 7 heteroatoms. The van der Waals surface area contributed by atoms with Gasteiger partial charge in [0.05, 0.1) is 11.8 Å². The number of hydrogen-bond donors (Lipinski definition) is 1. The molecule has 1 N–H and O–H groups in total. The highest BCUT2D eigenvalue weighted by Gasteiger charge is 2.47. The first-order valence-corrected chi connectivity index (χ1v) is 8.33. The minimum atomic E-state index is -0.412. The third kappa shape index (κ3) is 2.86. The van der Waals surface area contributed by atoms with Crippen molar-refractivity contribution >= 4 is 23.4 Å². The van der Waals surface area contributed by atoms with E-state index in [1.165, 1.54) is 0 Å². The number of allylic oxidation sites excluding steroid dienone is 2. The molecule has 1 fully saturated rings. The molecule has 3 amide bonds. The average molecular weight is 342 g/mol. The number of likely N-dealkylation sites (tertiary alicyclic amines) is 1. The van der Waals surface area contributed by atoms with Gasteiger partial charge >= 0.3 is 0 Å².